The number of ether oxygens (including phenoxy) is 2. The SMILES string of the molecule is C[C@@H](O)[C@H]1C(=O)N2C(C(=O)OCc3ccc([N+](=O)[O-])cc3)=C(S[C@H]3C[C@@H](C[N+]4(CC(N)=O)CCCC4)N(C(=O)OCc4ccc([N+](=O)[O-])cc4)C3)[C@H](C)[C@H]12.[I-]. The van der Waals surface area contributed by atoms with Crippen LogP contribution < -0.4 is 29.7 Å². The number of nitrogens with two attached hydrogens (primary N) is 1. The molecule has 2 aromatic rings. The van der Waals surface area contributed by atoms with E-state index in [1.807, 2.05) is 6.92 Å². The van der Waals surface area contributed by atoms with E-state index in [1.165, 1.54) is 72.1 Å². The largest absolute Gasteiger partial charge is 1.00 e. The first-order valence-corrected chi connectivity index (χ1v) is 18.7. The number of rotatable bonds is 14. The molecule has 3 N–H and O–H groups in total. The number of carbonyl (C=O) groups excluding carboxylic acids is 4. The molecule has 6 rings (SSSR count). The lowest BCUT2D eigenvalue weighted by Gasteiger charge is -2.46. The van der Waals surface area contributed by atoms with Crippen molar-refractivity contribution < 1.29 is 72.1 Å². The molecule has 0 radical (unpaired) electrons. The van der Waals surface area contributed by atoms with E-state index in [9.17, 15) is 44.5 Å². The van der Waals surface area contributed by atoms with Crippen LogP contribution in [0, 0.1) is 32.1 Å². The van der Waals surface area contributed by atoms with Crippen molar-refractivity contribution in [1.82, 2.24) is 9.80 Å². The van der Waals surface area contributed by atoms with E-state index in [1.54, 1.807) is 4.90 Å². The van der Waals surface area contributed by atoms with Crippen molar-refractivity contribution in [1.29, 1.82) is 0 Å². The third-order valence-corrected chi connectivity index (χ3v) is 12.3. The van der Waals surface area contributed by atoms with Crippen molar-refractivity contribution in [2.24, 2.45) is 17.6 Å². The fraction of sp³-hybridized carbons (Fsp3) is 0.500. The van der Waals surface area contributed by atoms with Gasteiger partial charge in [-0.1, -0.05) is 6.92 Å². The van der Waals surface area contributed by atoms with Gasteiger partial charge in [-0.15, -0.1) is 11.8 Å². The first-order valence-electron chi connectivity index (χ1n) is 17.8. The predicted molar refractivity (Wildman–Crippen MR) is 193 cm³/mol. The van der Waals surface area contributed by atoms with E-state index in [-0.39, 0.29) is 84.6 Å². The van der Waals surface area contributed by atoms with Crippen LogP contribution in [0.25, 0.3) is 0 Å². The molecule has 4 heterocycles. The number of hydrogen-bond donors (Lipinski definition) is 2. The van der Waals surface area contributed by atoms with E-state index in [0.717, 1.165) is 25.9 Å². The number of nitro benzene ring substituents is 2. The molecule has 3 fully saturated rings. The van der Waals surface area contributed by atoms with Gasteiger partial charge in [0.15, 0.2) is 6.54 Å². The molecule has 3 amide bonds. The van der Waals surface area contributed by atoms with Crippen molar-refractivity contribution in [3.05, 3.63) is 90.5 Å². The smallest absolute Gasteiger partial charge is 0.410 e. The number of carbonyl (C=O) groups is 4. The Labute approximate surface area is 338 Å². The number of nitrogens with zero attached hydrogens (tertiary/aromatic N) is 5. The van der Waals surface area contributed by atoms with Crippen LogP contribution in [-0.4, -0.2) is 109 Å². The molecule has 4 aliphatic rings. The van der Waals surface area contributed by atoms with E-state index in [0.29, 0.717) is 33.5 Å². The third kappa shape index (κ3) is 8.89. The summed E-state index contributed by atoms with van der Waals surface area (Å²) in [7, 11) is 0. The normalized spacial score (nSPS) is 24.4. The van der Waals surface area contributed by atoms with Crippen LogP contribution >= 0.6 is 11.8 Å². The summed E-state index contributed by atoms with van der Waals surface area (Å²) in [5.74, 6) is -2.64. The topological polar surface area (TPSA) is 226 Å². The molecular formula is C36H43IN6O11S. The second-order valence-corrected chi connectivity index (χ2v) is 15.9. The summed E-state index contributed by atoms with van der Waals surface area (Å²) in [6.45, 7) is 5.39. The van der Waals surface area contributed by atoms with Gasteiger partial charge in [0.1, 0.15) is 18.9 Å². The Kier molecular flexibility index (Phi) is 13.1. The fourth-order valence-corrected chi connectivity index (χ4v) is 9.83. The van der Waals surface area contributed by atoms with Crippen molar-refractivity contribution >= 4 is 47.0 Å². The number of nitro groups is 2. The molecule has 0 spiro atoms. The number of primary amides is 1. The number of aliphatic hydroxyl groups is 1. The van der Waals surface area contributed by atoms with E-state index in [2.05, 4.69) is 0 Å². The number of thioether (sulfide) groups is 1. The number of halogens is 1. The Balaban J connectivity index is 0.00000580. The summed E-state index contributed by atoms with van der Waals surface area (Å²) in [5.41, 5.74) is 6.64. The van der Waals surface area contributed by atoms with Crippen LogP contribution in [0.2, 0.25) is 0 Å². The molecule has 3 saturated heterocycles. The lowest BCUT2D eigenvalue weighted by atomic mass is 9.79. The third-order valence-electron chi connectivity index (χ3n) is 10.8. The average Bonchev–Trinajstić information content (AvgIpc) is 3.81. The average molecular weight is 895 g/mol. The van der Waals surface area contributed by atoms with E-state index in [4.69, 9.17) is 15.2 Å². The van der Waals surface area contributed by atoms with Gasteiger partial charge >= 0.3 is 12.1 Å². The minimum atomic E-state index is -0.953. The highest BCUT2D eigenvalue weighted by Gasteiger charge is 2.60. The molecule has 2 aromatic carbocycles. The highest BCUT2D eigenvalue weighted by Crippen LogP contribution is 2.52. The van der Waals surface area contributed by atoms with Crippen molar-refractivity contribution in [2.75, 3.05) is 32.7 Å². The lowest BCUT2D eigenvalue weighted by Crippen LogP contribution is -3.00. The summed E-state index contributed by atoms with van der Waals surface area (Å²) in [6, 6.07) is 10.4. The first-order chi connectivity index (χ1) is 25.7. The number of non-ortho nitro benzene ring substituents is 2. The summed E-state index contributed by atoms with van der Waals surface area (Å²) in [5, 5.41) is 32.4. The van der Waals surface area contributed by atoms with Gasteiger partial charge in [-0.3, -0.25) is 34.7 Å². The maximum Gasteiger partial charge on any atom is 0.410 e. The molecule has 296 valence electrons. The molecule has 17 nitrogen and oxygen atoms in total. The second kappa shape index (κ2) is 17.2. The zero-order valence-corrected chi connectivity index (χ0v) is 33.3. The Morgan fingerprint density at radius 3 is 2.04 bits per heavy atom. The van der Waals surface area contributed by atoms with Crippen LogP contribution in [0.3, 0.4) is 0 Å². The summed E-state index contributed by atoms with van der Waals surface area (Å²) < 4.78 is 11.8. The summed E-state index contributed by atoms with van der Waals surface area (Å²) in [4.78, 5) is 77.8. The van der Waals surface area contributed by atoms with Crippen LogP contribution in [0.15, 0.2) is 59.1 Å². The molecule has 0 bridgehead atoms. The number of benzene rings is 2. The predicted octanol–water partition coefficient (Wildman–Crippen LogP) is 0.228. The van der Waals surface area contributed by atoms with Gasteiger partial charge in [0.05, 0.1) is 53.6 Å². The Morgan fingerprint density at radius 2 is 1.53 bits per heavy atom. The van der Waals surface area contributed by atoms with Crippen LogP contribution in [0.1, 0.15) is 44.2 Å². The second-order valence-electron chi connectivity index (χ2n) is 14.5. The van der Waals surface area contributed by atoms with Crippen molar-refractivity contribution in [3.63, 3.8) is 0 Å². The number of quaternary nitrogens is 1. The number of esters is 1. The summed E-state index contributed by atoms with van der Waals surface area (Å²) >= 11 is 1.38. The number of amides is 3. The monoisotopic (exact) mass is 894 g/mol. The minimum absolute atomic E-state index is 0. The molecule has 6 atom stereocenters. The first kappa shape index (κ1) is 41.8. The summed E-state index contributed by atoms with van der Waals surface area (Å²) in [6.07, 6.45) is 0.755. The number of hydrogen-bond acceptors (Lipinski definition) is 12. The van der Waals surface area contributed by atoms with Gasteiger partial charge in [-0.25, -0.2) is 9.59 Å². The molecule has 0 unspecified atom stereocenters. The molecule has 55 heavy (non-hydrogen) atoms. The Hall–Kier alpha value is -4.34. The van der Waals surface area contributed by atoms with Gasteiger partial charge in [0, 0.05) is 59.7 Å². The molecule has 0 saturated carbocycles. The molecular weight excluding hydrogens is 851 g/mol. The number of fused-ring (bicyclic) bond motifs is 1. The maximum absolute atomic E-state index is 13.8. The van der Waals surface area contributed by atoms with Gasteiger partial charge in [0.25, 0.3) is 17.3 Å². The van der Waals surface area contributed by atoms with Crippen molar-refractivity contribution in [2.45, 2.75) is 69.8 Å². The van der Waals surface area contributed by atoms with Gasteiger partial charge in [0.2, 0.25) is 5.91 Å². The van der Waals surface area contributed by atoms with Gasteiger partial charge in [-0.2, -0.15) is 0 Å². The standard InChI is InChI=1S/C36H42N6O11S.HI/c1-21-31-30(22(2)43)34(45)39(31)32(35(46)52-19-23-5-9-25(10-6-23)40(48)49)33(21)54-28-15-27(17-42(18-29(37)44)13-3-4-14-42)38(16-28)36(47)53-20-24-7-11-26(12-8-24)41(50)51;/h5-12,21-22,27-28,30-31,43H,3-4,13-20H2,1-2H3,(H-,37,44);1H/t21-,22-,27+,28+,30-,31-;/m1./s1. The molecule has 0 aliphatic carbocycles. The quantitative estimate of drug-likeness (QED) is 0.0650. The zero-order valence-electron chi connectivity index (χ0n) is 30.3. The number of aliphatic hydroxyl groups excluding tert-OH is 1. The molecule has 0 aromatic heterocycles. The minimum Gasteiger partial charge on any atom is -1.00 e. The van der Waals surface area contributed by atoms with Crippen LogP contribution in [0.4, 0.5) is 16.2 Å². The maximum atomic E-state index is 13.8. The van der Waals surface area contributed by atoms with Crippen LogP contribution in [-0.2, 0) is 37.1 Å². The highest BCUT2D eigenvalue weighted by molar-refractivity contribution is 8.03. The van der Waals surface area contributed by atoms with Crippen LogP contribution in [0.5, 0.6) is 0 Å². The van der Waals surface area contributed by atoms with Crippen molar-refractivity contribution in [3.8, 4) is 0 Å². The number of likely N-dealkylation sites (tertiary alicyclic amines) is 2. The van der Waals surface area contributed by atoms with Gasteiger partial charge in [-0.05, 0) is 48.7 Å². The Morgan fingerprint density at radius 1 is 0.982 bits per heavy atom. The highest BCUT2D eigenvalue weighted by atomic mass is 127. The van der Waals surface area contributed by atoms with E-state index < -0.39 is 51.8 Å². The number of β-lactam (4-membered cyclic amide) rings is 1. The zero-order chi connectivity index (χ0) is 38.9. The van der Waals surface area contributed by atoms with Gasteiger partial charge < -0.3 is 53.7 Å². The Bertz CT molecular complexity index is 1850. The fourth-order valence-electron chi connectivity index (χ4n) is 8.27. The molecule has 19 heteroatoms. The lowest BCUT2D eigenvalue weighted by molar-refractivity contribution is -0.910. The van der Waals surface area contributed by atoms with E-state index >= 15 is 0 Å². The molecule has 4 aliphatic heterocycles.